The van der Waals surface area contributed by atoms with Crippen LogP contribution in [0.25, 0.3) is 0 Å². The third kappa shape index (κ3) is 6.43. The van der Waals surface area contributed by atoms with E-state index in [1.54, 1.807) is 6.07 Å². The van der Waals surface area contributed by atoms with Gasteiger partial charge in [-0.15, -0.1) is 0 Å². The highest BCUT2D eigenvalue weighted by molar-refractivity contribution is 5.92. The fourth-order valence-electron chi connectivity index (χ4n) is 2.67. The van der Waals surface area contributed by atoms with Crippen molar-refractivity contribution in [2.75, 3.05) is 20.3 Å². The van der Waals surface area contributed by atoms with Crippen molar-refractivity contribution in [2.45, 2.75) is 32.7 Å². The molecular formula is C22H25F2NO5. The molecule has 0 aliphatic carbocycles. The molecule has 2 aromatic rings. The van der Waals surface area contributed by atoms with E-state index in [2.05, 4.69) is 5.32 Å². The summed E-state index contributed by atoms with van der Waals surface area (Å²) in [4.78, 5) is 24.3. The number of nitrogens with one attached hydrogen (secondary N) is 1. The van der Waals surface area contributed by atoms with E-state index in [0.717, 1.165) is 25.0 Å². The van der Waals surface area contributed by atoms with Gasteiger partial charge in [-0.05, 0) is 37.6 Å². The first kappa shape index (κ1) is 23.1. The molecule has 1 N–H and O–H groups in total. The van der Waals surface area contributed by atoms with Gasteiger partial charge >= 0.3 is 5.97 Å². The number of methoxy groups -OCH3 is 1. The number of hydrogen-bond donors (Lipinski definition) is 1. The normalized spacial score (nSPS) is 11.5. The number of esters is 1. The Bertz CT molecular complexity index is 888. The summed E-state index contributed by atoms with van der Waals surface area (Å²) in [5, 5.41) is 2.50. The molecule has 2 rings (SSSR count). The molecule has 162 valence electrons. The quantitative estimate of drug-likeness (QED) is 0.460. The molecule has 0 bridgehead atoms. The summed E-state index contributed by atoms with van der Waals surface area (Å²) in [7, 11) is 1.46. The molecule has 0 spiro atoms. The van der Waals surface area contributed by atoms with Gasteiger partial charge in [0.1, 0.15) is 11.6 Å². The van der Waals surface area contributed by atoms with Gasteiger partial charge in [-0.1, -0.05) is 19.4 Å². The summed E-state index contributed by atoms with van der Waals surface area (Å²) in [6.45, 7) is 3.57. The number of ether oxygens (including phenoxy) is 3. The molecule has 0 aliphatic rings. The summed E-state index contributed by atoms with van der Waals surface area (Å²) < 4.78 is 42.7. The second-order valence-corrected chi connectivity index (χ2v) is 6.60. The number of carbonyl (C=O) groups excluding carboxylic acids is 2. The van der Waals surface area contributed by atoms with Gasteiger partial charge in [-0.3, -0.25) is 4.79 Å². The van der Waals surface area contributed by atoms with E-state index >= 15 is 0 Å². The van der Waals surface area contributed by atoms with Crippen LogP contribution in [0.15, 0.2) is 36.4 Å². The highest BCUT2D eigenvalue weighted by atomic mass is 19.1. The maximum atomic E-state index is 13.8. The zero-order valence-corrected chi connectivity index (χ0v) is 17.2. The molecule has 1 amide bonds. The lowest BCUT2D eigenvalue weighted by atomic mass is 10.1. The number of unbranched alkanes of at least 4 members (excludes halogenated alkanes) is 1. The van der Waals surface area contributed by atoms with E-state index in [9.17, 15) is 18.4 Å². The first-order valence-corrected chi connectivity index (χ1v) is 9.58. The minimum Gasteiger partial charge on any atom is -0.493 e. The largest absolute Gasteiger partial charge is 0.493 e. The number of benzene rings is 2. The molecule has 0 fully saturated rings. The molecule has 2 aromatic carbocycles. The molecule has 0 aliphatic heterocycles. The first-order valence-electron chi connectivity index (χ1n) is 9.58. The molecule has 0 saturated carbocycles. The van der Waals surface area contributed by atoms with E-state index in [4.69, 9.17) is 14.2 Å². The second kappa shape index (κ2) is 11.1. The van der Waals surface area contributed by atoms with Crippen molar-refractivity contribution in [3.8, 4) is 11.5 Å². The van der Waals surface area contributed by atoms with Gasteiger partial charge in [0.25, 0.3) is 5.91 Å². The molecule has 0 aromatic heterocycles. The topological polar surface area (TPSA) is 73.9 Å². The molecule has 8 heteroatoms. The van der Waals surface area contributed by atoms with Gasteiger partial charge in [-0.25, -0.2) is 13.6 Å². The number of hydrogen-bond acceptors (Lipinski definition) is 5. The van der Waals surface area contributed by atoms with Crippen molar-refractivity contribution in [1.82, 2.24) is 5.32 Å². The van der Waals surface area contributed by atoms with Crippen LogP contribution in [0, 0.1) is 11.6 Å². The molecule has 0 radical (unpaired) electrons. The van der Waals surface area contributed by atoms with Gasteiger partial charge < -0.3 is 19.5 Å². The highest BCUT2D eigenvalue weighted by Gasteiger charge is 2.17. The number of amides is 1. The van der Waals surface area contributed by atoms with Crippen LogP contribution in [0.3, 0.4) is 0 Å². The third-order valence-electron chi connectivity index (χ3n) is 4.30. The Morgan fingerprint density at radius 2 is 1.87 bits per heavy atom. The van der Waals surface area contributed by atoms with Crippen LogP contribution in [-0.4, -0.2) is 32.2 Å². The van der Waals surface area contributed by atoms with Crippen molar-refractivity contribution in [2.24, 2.45) is 0 Å². The van der Waals surface area contributed by atoms with Crippen LogP contribution < -0.4 is 14.8 Å². The monoisotopic (exact) mass is 421 g/mol. The summed E-state index contributed by atoms with van der Waals surface area (Å²) in [5.41, 5.74) is 0.319. The summed E-state index contributed by atoms with van der Waals surface area (Å²) in [5.74, 6) is -1.93. The van der Waals surface area contributed by atoms with E-state index in [1.807, 2.05) is 6.92 Å². The van der Waals surface area contributed by atoms with Crippen molar-refractivity contribution >= 4 is 11.9 Å². The van der Waals surface area contributed by atoms with Crippen LogP contribution >= 0.6 is 0 Å². The molecule has 0 saturated heterocycles. The van der Waals surface area contributed by atoms with Gasteiger partial charge in [0.15, 0.2) is 18.1 Å². The summed E-state index contributed by atoms with van der Waals surface area (Å²) in [6, 6.07) is 6.95. The minimum atomic E-state index is -0.770. The smallest absolute Gasteiger partial charge is 0.338 e. The van der Waals surface area contributed by atoms with E-state index in [1.165, 1.54) is 32.2 Å². The fourth-order valence-corrected chi connectivity index (χ4v) is 2.67. The average Bonchev–Trinajstić information content (AvgIpc) is 2.72. The van der Waals surface area contributed by atoms with E-state index in [0.29, 0.717) is 18.1 Å². The van der Waals surface area contributed by atoms with E-state index in [-0.39, 0.29) is 11.1 Å². The zero-order chi connectivity index (χ0) is 22.1. The zero-order valence-electron chi connectivity index (χ0n) is 17.2. The number of rotatable bonds is 10. The van der Waals surface area contributed by atoms with Crippen molar-refractivity contribution in [1.29, 1.82) is 0 Å². The first-order chi connectivity index (χ1) is 14.3. The van der Waals surface area contributed by atoms with Crippen molar-refractivity contribution in [3.05, 3.63) is 59.2 Å². The van der Waals surface area contributed by atoms with Crippen LogP contribution in [0.2, 0.25) is 0 Å². The van der Waals surface area contributed by atoms with Gasteiger partial charge in [0.05, 0.1) is 25.3 Å². The van der Waals surface area contributed by atoms with Crippen molar-refractivity contribution in [3.63, 3.8) is 0 Å². The molecule has 6 nitrogen and oxygen atoms in total. The highest BCUT2D eigenvalue weighted by Crippen LogP contribution is 2.28. The van der Waals surface area contributed by atoms with Crippen LogP contribution in [0.1, 0.15) is 48.7 Å². The Morgan fingerprint density at radius 3 is 2.53 bits per heavy atom. The summed E-state index contributed by atoms with van der Waals surface area (Å²) in [6.07, 6.45) is 1.88. The van der Waals surface area contributed by atoms with Crippen LogP contribution in [0.5, 0.6) is 11.5 Å². The lowest BCUT2D eigenvalue weighted by Crippen LogP contribution is -2.31. The Balaban J connectivity index is 1.92. The van der Waals surface area contributed by atoms with Crippen LogP contribution in [0.4, 0.5) is 8.78 Å². The minimum absolute atomic E-state index is 0.125. The number of carbonyl (C=O) groups is 2. The molecule has 0 unspecified atom stereocenters. The number of halogens is 2. The lowest BCUT2D eigenvalue weighted by molar-refractivity contribution is -0.124. The molecule has 0 heterocycles. The average molecular weight is 421 g/mol. The maximum Gasteiger partial charge on any atom is 0.338 e. The van der Waals surface area contributed by atoms with Crippen molar-refractivity contribution < 1.29 is 32.6 Å². The maximum absolute atomic E-state index is 13.8. The van der Waals surface area contributed by atoms with Crippen LogP contribution in [-0.2, 0) is 9.53 Å². The van der Waals surface area contributed by atoms with Gasteiger partial charge in [-0.2, -0.15) is 0 Å². The predicted octanol–water partition coefficient (Wildman–Crippen LogP) is 4.19. The Labute approximate surface area is 174 Å². The van der Waals surface area contributed by atoms with Gasteiger partial charge in [0, 0.05) is 11.6 Å². The molecule has 30 heavy (non-hydrogen) atoms. The Kier molecular flexibility index (Phi) is 8.58. The lowest BCUT2D eigenvalue weighted by Gasteiger charge is -2.15. The fraction of sp³-hybridized carbons (Fsp3) is 0.364. The Hall–Kier alpha value is -3.16. The molecule has 1 atom stereocenters. The standard InChI is InChI=1S/C22H25F2NO5/c1-4-5-10-29-19-9-6-15(11-20(19)28-3)22(27)30-13-21(26)25-14(2)17-8-7-16(23)12-18(17)24/h6-9,11-12,14H,4-5,10,13H2,1-3H3,(H,25,26)/t14-/m1/s1. The molecular weight excluding hydrogens is 396 g/mol. The Morgan fingerprint density at radius 1 is 1.10 bits per heavy atom. The van der Waals surface area contributed by atoms with E-state index < -0.39 is 36.2 Å². The SMILES string of the molecule is CCCCOc1ccc(C(=O)OCC(=O)N[C@H](C)c2ccc(F)cc2F)cc1OC. The second-order valence-electron chi connectivity index (χ2n) is 6.60. The predicted molar refractivity (Wildman–Crippen MR) is 107 cm³/mol. The summed E-state index contributed by atoms with van der Waals surface area (Å²) >= 11 is 0. The third-order valence-corrected chi connectivity index (χ3v) is 4.30. The van der Waals surface area contributed by atoms with Gasteiger partial charge in [0.2, 0.25) is 0 Å².